The van der Waals surface area contributed by atoms with E-state index in [0.717, 1.165) is 31.0 Å². The molecule has 1 atom stereocenters. The third-order valence-corrected chi connectivity index (χ3v) is 4.53. The Hall–Kier alpha value is -2.08. The summed E-state index contributed by atoms with van der Waals surface area (Å²) in [6, 6.07) is 7.09. The van der Waals surface area contributed by atoms with Gasteiger partial charge in [0.1, 0.15) is 0 Å². The number of benzene rings is 1. The number of carbonyl (C=O) groups is 2. The summed E-state index contributed by atoms with van der Waals surface area (Å²) >= 11 is 0. The second-order valence-electron chi connectivity index (χ2n) is 7.30. The number of hydrogen-bond donors (Lipinski definition) is 2. The number of likely N-dealkylation sites (tertiary alicyclic amines) is 1. The van der Waals surface area contributed by atoms with Crippen LogP contribution >= 0.6 is 0 Å². The first-order valence-corrected chi connectivity index (χ1v) is 8.96. The molecule has 1 saturated heterocycles. The van der Waals surface area contributed by atoms with Gasteiger partial charge in [-0.1, -0.05) is 13.8 Å². The smallest absolute Gasteiger partial charge is 0.321 e. The molecule has 2 N–H and O–H groups in total. The quantitative estimate of drug-likeness (QED) is 0.861. The molecule has 0 aromatic heterocycles. The molecule has 0 aliphatic carbocycles. The summed E-state index contributed by atoms with van der Waals surface area (Å²) in [4.78, 5) is 28.1. The number of hydrogen-bond acceptors (Lipinski definition) is 3. The number of carbonyl (C=O) groups excluding carboxylic acids is 2. The molecule has 1 heterocycles. The van der Waals surface area contributed by atoms with Gasteiger partial charge in [-0.3, -0.25) is 4.79 Å². The van der Waals surface area contributed by atoms with Crippen LogP contribution in [0.2, 0.25) is 0 Å². The molecule has 6 heteroatoms. The Morgan fingerprint density at radius 2 is 1.80 bits per heavy atom. The molecular formula is C19H30N4O2. The van der Waals surface area contributed by atoms with Crippen molar-refractivity contribution in [2.45, 2.75) is 26.7 Å². The van der Waals surface area contributed by atoms with Gasteiger partial charge in [0.25, 0.3) is 0 Å². The van der Waals surface area contributed by atoms with Crippen molar-refractivity contribution in [2.75, 3.05) is 44.4 Å². The van der Waals surface area contributed by atoms with Gasteiger partial charge in [0, 0.05) is 37.4 Å². The minimum atomic E-state index is -0.104. The average molecular weight is 346 g/mol. The zero-order chi connectivity index (χ0) is 18.4. The molecule has 1 aliphatic heterocycles. The van der Waals surface area contributed by atoms with E-state index in [4.69, 9.17) is 0 Å². The lowest BCUT2D eigenvalue weighted by Gasteiger charge is -2.32. The molecule has 1 aromatic rings. The predicted molar refractivity (Wildman–Crippen MR) is 102 cm³/mol. The third kappa shape index (κ3) is 6.05. The van der Waals surface area contributed by atoms with Crippen LogP contribution in [0.25, 0.3) is 0 Å². The molecule has 138 valence electrons. The minimum absolute atomic E-state index is 0.0195. The van der Waals surface area contributed by atoms with Crippen molar-refractivity contribution in [3.63, 3.8) is 0 Å². The van der Waals surface area contributed by atoms with E-state index in [9.17, 15) is 9.59 Å². The number of piperidine rings is 1. The number of nitrogens with zero attached hydrogens (tertiary/aromatic N) is 2. The molecule has 0 radical (unpaired) electrons. The molecule has 1 aliphatic rings. The Balaban J connectivity index is 1.84. The summed E-state index contributed by atoms with van der Waals surface area (Å²) in [5.74, 6) is 0.448. The number of amides is 3. The highest BCUT2D eigenvalue weighted by Crippen LogP contribution is 2.17. The van der Waals surface area contributed by atoms with Crippen molar-refractivity contribution in [1.82, 2.24) is 9.80 Å². The fraction of sp³-hybridized carbons (Fsp3) is 0.579. The SMILES string of the molecule is CC(C)C(=O)Nc1ccc(NC(=O)N(C)C[C@@H]2CCCN(C)C2)cc1. The topological polar surface area (TPSA) is 64.7 Å². The lowest BCUT2D eigenvalue weighted by Crippen LogP contribution is -2.41. The lowest BCUT2D eigenvalue weighted by atomic mass is 9.98. The number of nitrogens with one attached hydrogen (secondary N) is 2. The van der Waals surface area contributed by atoms with Gasteiger partial charge in [-0.2, -0.15) is 0 Å². The molecule has 6 nitrogen and oxygen atoms in total. The molecule has 0 unspecified atom stereocenters. The molecule has 0 saturated carbocycles. The zero-order valence-electron chi connectivity index (χ0n) is 15.7. The largest absolute Gasteiger partial charge is 0.327 e. The van der Waals surface area contributed by atoms with Gasteiger partial charge in [-0.25, -0.2) is 4.79 Å². The Morgan fingerprint density at radius 3 is 2.36 bits per heavy atom. The molecular weight excluding hydrogens is 316 g/mol. The monoisotopic (exact) mass is 346 g/mol. The van der Waals surface area contributed by atoms with Crippen LogP contribution in [0.1, 0.15) is 26.7 Å². The molecule has 3 amide bonds. The Labute approximate surface area is 150 Å². The van der Waals surface area contributed by atoms with Crippen LogP contribution in [0.15, 0.2) is 24.3 Å². The van der Waals surface area contributed by atoms with E-state index in [0.29, 0.717) is 5.92 Å². The van der Waals surface area contributed by atoms with E-state index in [2.05, 4.69) is 22.6 Å². The van der Waals surface area contributed by atoms with Gasteiger partial charge in [0.2, 0.25) is 5.91 Å². The van der Waals surface area contributed by atoms with E-state index in [1.54, 1.807) is 29.2 Å². The molecule has 0 spiro atoms. The van der Waals surface area contributed by atoms with Crippen LogP contribution in [-0.2, 0) is 4.79 Å². The first-order chi connectivity index (χ1) is 11.8. The van der Waals surface area contributed by atoms with E-state index in [1.165, 1.54) is 12.8 Å². The Kier molecular flexibility index (Phi) is 6.82. The van der Waals surface area contributed by atoms with E-state index in [-0.39, 0.29) is 17.9 Å². The van der Waals surface area contributed by atoms with Crippen molar-refractivity contribution in [1.29, 1.82) is 0 Å². The molecule has 2 rings (SSSR count). The van der Waals surface area contributed by atoms with Crippen LogP contribution in [0, 0.1) is 11.8 Å². The second-order valence-corrected chi connectivity index (χ2v) is 7.30. The van der Waals surface area contributed by atoms with Gasteiger partial charge in [0.05, 0.1) is 0 Å². The minimum Gasteiger partial charge on any atom is -0.327 e. The van der Waals surface area contributed by atoms with Crippen molar-refractivity contribution in [2.24, 2.45) is 11.8 Å². The van der Waals surface area contributed by atoms with Crippen molar-refractivity contribution < 1.29 is 9.59 Å². The van der Waals surface area contributed by atoms with E-state index in [1.807, 2.05) is 20.9 Å². The van der Waals surface area contributed by atoms with Crippen molar-refractivity contribution >= 4 is 23.3 Å². The van der Waals surface area contributed by atoms with Gasteiger partial charge in [0.15, 0.2) is 0 Å². The molecule has 1 fully saturated rings. The summed E-state index contributed by atoms with van der Waals surface area (Å²) < 4.78 is 0. The number of anilines is 2. The molecule has 1 aromatic carbocycles. The zero-order valence-corrected chi connectivity index (χ0v) is 15.7. The van der Waals surface area contributed by atoms with E-state index < -0.39 is 0 Å². The van der Waals surface area contributed by atoms with Gasteiger partial charge in [-0.15, -0.1) is 0 Å². The van der Waals surface area contributed by atoms with Gasteiger partial charge >= 0.3 is 6.03 Å². The Bertz CT molecular complexity index is 586. The van der Waals surface area contributed by atoms with Crippen LogP contribution in [0.3, 0.4) is 0 Å². The standard InChI is InChI=1S/C19H30N4O2/c1-14(2)18(24)20-16-7-9-17(10-8-16)21-19(25)23(4)13-15-6-5-11-22(3)12-15/h7-10,14-15H,5-6,11-13H2,1-4H3,(H,20,24)(H,21,25)/t15-/m1/s1. The predicted octanol–water partition coefficient (Wildman–Crippen LogP) is 3.09. The van der Waals surface area contributed by atoms with Crippen molar-refractivity contribution in [3.05, 3.63) is 24.3 Å². The summed E-state index contributed by atoms with van der Waals surface area (Å²) in [6.45, 7) is 6.65. The summed E-state index contributed by atoms with van der Waals surface area (Å²) in [5.41, 5.74) is 1.45. The summed E-state index contributed by atoms with van der Waals surface area (Å²) in [6.07, 6.45) is 2.37. The van der Waals surface area contributed by atoms with E-state index >= 15 is 0 Å². The lowest BCUT2D eigenvalue weighted by molar-refractivity contribution is -0.118. The molecule has 0 bridgehead atoms. The third-order valence-electron chi connectivity index (χ3n) is 4.53. The maximum absolute atomic E-state index is 12.4. The molecule has 25 heavy (non-hydrogen) atoms. The fourth-order valence-electron chi connectivity index (χ4n) is 3.03. The van der Waals surface area contributed by atoms with Crippen LogP contribution in [0.5, 0.6) is 0 Å². The number of urea groups is 1. The van der Waals surface area contributed by atoms with Crippen LogP contribution < -0.4 is 10.6 Å². The normalized spacial score (nSPS) is 18.0. The first kappa shape index (κ1) is 19.2. The maximum Gasteiger partial charge on any atom is 0.321 e. The van der Waals surface area contributed by atoms with Gasteiger partial charge < -0.3 is 20.4 Å². The number of rotatable bonds is 5. The average Bonchev–Trinajstić information content (AvgIpc) is 2.56. The van der Waals surface area contributed by atoms with Gasteiger partial charge in [-0.05, 0) is 56.6 Å². The summed E-state index contributed by atoms with van der Waals surface area (Å²) in [7, 11) is 3.97. The van der Waals surface area contributed by atoms with Crippen LogP contribution in [0.4, 0.5) is 16.2 Å². The highest BCUT2D eigenvalue weighted by atomic mass is 16.2. The highest BCUT2D eigenvalue weighted by Gasteiger charge is 2.20. The Morgan fingerprint density at radius 1 is 1.20 bits per heavy atom. The summed E-state index contributed by atoms with van der Waals surface area (Å²) in [5, 5.41) is 5.74. The second kappa shape index (κ2) is 8.85. The van der Waals surface area contributed by atoms with Crippen molar-refractivity contribution in [3.8, 4) is 0 Å². The maximum atomic E-state index is 12.4. The van der Waals surface area contributed by atoms with Crippen LogP contribution in [-0.4, -0.2) is 55.5 Å². The first-order valence-electron chi connectivity index (χ1n) is 8.96. The fourth-order valence-corrected chi connectivity index (χ4v) is 3.03. The highest BCUT2D eigenvalue weighted by molar-refractivity contribution is 5.93.